The van der Waals surface area contributed by atoms with Crippen LogP contribution in [0, 0.1) is 0 Å². The van der Waals surface area contributed by atoms with Crippen LogP contribution in [-0.4, -0.2) is 29.0 Å². The lowest BCUT2D eigenvalue weighted by Crippen LogP contribution is -2.05. The molecule has 0 unspecified atom stereocenters. The summed E-state index contributed by atoms with van der Waals surface area (Å²) in [5.41, 5.74) is 0.0736. The van der Waals surface area contributed by atoms with Crippen molar-refractivity contribution in [3.63, 3.8) is 0 Å². The Balaban J connectivity index is 1.46. The fourth-order valence-corrected chi connectivity index (χ4v) is 4.84. The molecule has 1 heterocycles. The normalized spacial score (nSPS) is 11.2. The third-order valence-corrected chi connectivity index (χ3v) is 7.14. The summed E-state index contributed by atoms with van der Waals surface area (Å²) in [6, 6.07) is 6.87. The van der Waals surface area contributed by atoms with Gasteiger partial charge in [-0.15, -0.1) is 0 Å². The molecule has 0 fully saturated rings. The van der Waals surface area contributed by atoms with E-state index in [1.165, 1.54) is 108 Å². The number of ether oxygens (including phenoxy) is 2. The lowest BCUT2D eigenvalue weighted by atomic mass is 10.0. The van der Waals surface area contributed by atoms with Crippen LogP contribution >= 0.6 is 0 Å². The van der Waals surface area contributed by atoms with E-state index in [1.807, 2.05) is 0 Å². The fraction of sp³-hybridized carbons (Fsp3) is 0.531. The average molecular weight is 541 g/mol. The zero-order valence-corrected chi connectivity index (χ0v) is 23.5. The first kappa shape index (κ1) is 30.2. The maximum absolute atomic E-state index is 12.9. The number of phenols is 3. The molecule has 7 nitrogen and oxygen atoms in total. The molecule has 1 aromatic heterocycles. The fourth-order valence-electron chi connectivity index (χ4n) is 4.84. The van der Waals surface area contributed by atoms with E-state index in [1.54, 1.807) is 0 Å². The highest BCUT2D eigenvalue weighted by molar-refractivity contribution is 5.89. The van der Waals surface area contributed by atoms with Crippen molar-refractivity contribution in [3.8, 4) is 40.1 Å². The third-order valence-electron chi connectivity index (χ3n) is 7.14. The van der Waals surface area contributed by atoms with E-state index in [4.69, 9.17) is 13.9 Å². The van der Waals surface area contributed by atoms with E-state index >= 15 is 0 Å². The van der Waals surface area contributed by atoms with Gasteiger partial charge in [-0.2, -0.15) is 0 Å². The van der Waals surface area contributed by atoms with Gasteiger partial charge in [0, 0.05) is 17.7 Å². The van der Waals surface area contributed by atoms with Crippen LogP contribution in [0.15, 0.2) is 39.5 Å². The molecule has 0 aliphatic heterocycles. The second-order valence-corrected chi connectivity index (χ2v) is 10.3. The van der Waals surface area contributed by atoms with Crippen LogP contribution in [0.1, 0.15) is 96.8 Å². The highest BCUT2D eigenvalue weighted by Gasteiger charge is 2.20. The number of hydrogen-bond acceptors (Lipinski definition) is 7. The summed E-state index contributed by atoms with van der Waals surface area (Å²) in [6.07, 6.45) is 17.8. The molecule has 0 spiro atoms. The van der Waals surface area contributed by atoms with Gasteiger partial charge >= 0.3 is 0 Å². The van der Waals surface area contributed by atoms with E-state index in [9.17, 15) is 20.1 Å². The van der Waals surface area contributed by atoms with Crippen LogP contribution < -0.4 is 14.9 Å². The minimum absolute atomic E-state index is 0.00138. The van der Waals surface area contributed by atoms with Crippen molar-refractivity contribution < 1.29 is 29.2 Å². The molecule has 3 aromatic rings. The third kappa shape index (κ3) is 8.84. The highest BCUT2D eigenvalue weighted by atomic mass is 16.5. The number of hydrogen-bond donors (Lipinski definition) is 3. The Kier molecular flexibility index (Phi) is 12.3. The molecule has 3 N–H and O–H groups in total. The van der Waals surface area contributed by atoms with E-state index in [0.717, 1.165) is 19.3 Å². The van der Waals surface area contributed by atoms with Gasteiger partial charge in [-0.1, -0.05) is 90.4 Å². The Bertz CT molecular complexity index is 1230. The Labute approximate surface area is 231 Å². The largest absolute Gasteiger partial charge is 0.504 e. The van der Waals surface area contributed by atoms with Crippen molar-refractivity contribution in [2.45, 2.75) is 96.8 Å². The molecule has 214 valence electrons. The highest BCUT2D eigenvalue weighted by Crippen LogP contribution is 2.42. The summed E-state index contributed by atoms with van der Waals surface area (Å²) in [5, 5.41) is 30.2. The monoisotopic (exact) mass is 540 g/mol. The molecule has 0 saturated heterocycles. The van der Waals surface area contributed by atoms with Gasteiger partial charge < -0.3 is 29.2 Å². The van der Waals surface area contributed by atoms with Crippen LogP contribution in [0.2, 0.25) is 0 Å². The van der Waals surface area contributed by atoms with Gasteiger partial charge in [0.2, 0.25) is 5.75 Å². The quantitative estimate of drug-likeness (QED) is 0.110. The lowest BCUT2D eigenvalue weighted by Gasteiger charge is -2.14. The summed E-state index contributed by atoms with van der Waals surface area (Å²) in [6.45, 7) is 2.66. The SMILES string of the molecule is CCCCCCCCCCCCCCCCOc1c(OC)cc2oc(-c3ccc(O)c(O)c3)cc(=O)c2c1O. The minimum atomic E-state index is -0.458. The molecule has 0 aliphatic carbocycles. The Morgan fingerprint density at radius 2 is 1.33 bits per heavy atom. The second kappa shape index (κ2) is 15.9. The van der Waals surface area contributed by atoms with Crippen LogP contribution in [0.5, 0.6) is 28.7 Å². The number of unbranched alkanes of at least 4 members (excludes halogenated alkanes) is 13. The van der Waals surface area contributed by atoms with Gasteiger partial charge in [0.25, 0.3) is 0 Å². The van der Waals surface area contributed by atoms with Gasteiger partial charge in [-0.3, -0.25) is 4.79 Å². The minimum Gasteiger partial charge on any atom is -0.504 e. The van der Waals surface area contributed by atoms with Crippen LogP contribution in [0.3, 0.4) is 0 Å². The molecule has 3 rings (SSSR count). The summed E-state index contributed by atoms with van der Waals surface area (Å²) in [5.74, 6) is -0.352. The second-order valence-electron chi connectivity index (χ2n) is 10.3. The van der Waals surface area contributed by atoms with E-state index in [2.05, 4.69) is 6.92 Å². The number of fused-ring (bicyclic) bond motifs is 1. The first-order valence-electron chi connectivity index (χ1n) is 14.5. The predicted molar refractivity (Wildman–Crippen MR) is 155 cm³/mol. The number of rotatable bonds is 18. The Hall–Kier alpha value is -3.35. The maximum Gasteiger partial charge on any atom is 0.204 e. The first-order chi connectivity index (χ1) is 19.0. The lowest BCUT2D eigenvalue weighted by molar-refractivity contribution is 0.271. The van der Waals surface area contributed by atoms with Crippen molar-refractivity contribution >= 4 is 11.0 Å². The average Bonchev–Trinajstić information content (AvgIpc) is 2.92. The van der Waals surface area contributed by atoms with Crippen LogP contribution in [-0.2, 0) is 0 Å². The molecular formula is C32H44O7. The molecule has 0 aliphatic rings. The van der Waals surface area contributed by atoms with Crippen molar-refractivity contribution in [1.82, 2.24) is 0 Å². The Morgan fingerprint density at radius 3 is 1.90 bits per heavy atom. The maximum atomic E-state index is 12.9. The van der Waals surface area contributed by atoms with E-state index < -0.39 is 5.43 Å². The number of methoxy groups -OCH3 is 1. The standard InChI is InChI=1S/C32H44O7/c1-3-4-5-6-7-8-9-10-11-12-13-14-15-16-19-38-32-29(37-2)22-28-30(31(32)36)26(35)21-27(39-28)23-17-18-24(33)25(34)20-23/h17-18,20-22,33-34,36H,3-16,19H2,1-2H3. The molecule has 0 radical (unpaired) electrons. The van der Waals surface area contributed by atoms with Gasteiger partial charge in [-0.25, -0.2) is 0 Å². The molecule has 0 saturated carbocycles. The molecular weight excluding hydrogens is 496 g/mol. The predicted octanol–water partition coefficient (Wildman–Crippen LogP) is 8.45. The Morgan fingerprint density at radius 1 is 0.744 bits per heavy atom. The van der Waals surface area contributed by atoms with Gasteiger partial charge in [0.05, 0.1) is 13.7 Å². The molecule has 2 aromatic carbocycles. The van der Waals surface area contributed by atoms with E-state index in [-0.39, 0.29) is 45.5 Å². The molecule has 0 atom stereocenters. The summed E-state index contributed by atoms with van der Waals surface area (Å²) in [7, 11) is 1.46. The summed E-state index contributed by atoms with van der Waals surface area (Å²) in [4.78, 5) is 12.9. The molecule has 0 bridgehead atoms. The van der Waals surface area contributed by atoms with Gasteiger partial charge in [0.1, 0.15) is 16.7 Å². The van der Waals surface area contributed by atoms with Crippen LogP contribution in [0.25, 0.3) is 22.3 Å². The summed E-state index contributed by atoms with van der Waals surface area (Å²) < 4.78 is 17.1. The number of phenolic OH excluding ortho intramolecular Hbond substituents is 3. The molecule has 0 amide bonds. The number of aromatic hydroxyl groups is 3. The van der Waals surface area contributed by atoms with E-state index in [0.29, 0.717) is 12.2 Å². The van der Waals surface area contributed by atoms with Gasteiger partial charge in [-0.05, 0) is 24.6 Å². The topological polar surface area (TPSA) is 109 Å². The zero-order chi connectivity index (χ0) is 28.0. The first-order valence-corrected chi connectivity index (χ1v) is 14.5. The van der Waals surface area contributed by atoms with Crippen molar-refractivity contribution in [3.05, 3.63) is 40.6 Å². The van der Waals surface area contributed by atoms with Crippen molar-refractivity contribution in [2.75, 3.05) is 13.7 Å². The molecule has 39 heavy (non-hydrogen) atoms. The van der Waals surface area contributed by atoms with Gasteiger partial charge in [0.15, 0.2) is 28.4 Å². The van der Waals surface area contributed by atoms with Crippen molar-refractivity contribution in [2.24, 2.45) is 0 Å². The van der Waals surface area contributed by atoms with Crippen LogP contribution in [0.4, 0.5) is 0 Å². The zero-order valence-electron chi connectivity index (χ0n) is 23.5. The smallest absolute Gasteiger partial charge is 0.204 e. The van der Waals surface area contributed by atoms with Crippen molar-refractivity contribution in [1.29, 1.82) is 0 Å². The summed E-state index contributed by atoms with van der Waals surface area (Å²) >= 11 is 0. The number of benzene rings is 2. The molecule has 7 heteroatoms.